The van der Waals surface area contributed by atoms with E-state index in [1.54, 1.807) is 27.7 Å². The molecule has 4 nitrogen and oxygen atoms in total. The van der Waals surface area contributed by atoms with Crippen LogP contribution >= 0.6 is 11.3 Å². The predicted molar refractivity (Wildman–Crippen MR) is 109 cm³/mol. The van der Waals surface area contributed by atoms with E-state index in [0.29, 0.717) is 24.0 Å². The first-order valence-electron chi connectivity index (χ1n) is 9.45. The average molecular weight is 432 g/mol. The molecule has 0 fully saturated rings. The van der Waals surface area contributed by atoms with Crippen LogP contribution in [0.15, 0.2) is 18.2 Å². The molecule has 0 saturated heterocycles. The molecule has 8 heteroatoms. The number of carbonyl (C=O) groups is 1. The molecule has 0 unspecified atom stereocenters. The Labute approximate surface area is 173 Å². The van der Waals surface area contributed by atoms with Gasteiger partial charge in [-0.3, -0.25) is 0 Å². The summed E-state index contributed by atoms with van der Waals surface area (Å²) in [5, 5.41) is 13.3. The Morgan fingerprint density at radius 1 is 1.21 bits per heavy atom. The lowest BCUT2D eigenvalue weighted by molar-refractivity contribution is -0.137. The number of hydrogen-bond donors (Lipinski definition) is 2. The van der Waals surface area contributed by atoms with Crippen molar-refractivity contribution in [3.63, 3.8) is 0 Å². The zero-order chi connectivity index (χ0) is 22.0. The zero-order valence-electron chi connectivity index (χ0n) is 17.4. The molecule has 29 heavy (non-hydrogen) atoms. The molecule has 0 spiro atoms. The number of aryl methyl sites for hydroxylation is 2. The van der Waals surface area contributed by atoms with Gasteiger partial charge in [-0.05, 0) is 77.0 Å². The first-order valence-corrected chi connectivity index (χ1v) is 10.3. The van der Waals surface area contributed by atoms with Crippen molar-refractivity contribution >= 4 is 27.5 Å². The molecule has 0 aliphatic carbocycles. The van der Waals surface area contributed by atoms with Gasteiger partial charge in [0, 0.05) is 9.58 Å². The third kappa shape index (κ3) is 6.34. The summed E-state index contributed by atoms with van der Waals surface area (Å²) < 4.78 is 44.7. The molecule has 1 heterocycles. The first-order chi connectivity index (χ1) is 13.2. The van der Waals surface area contributed by atoms with Crippen molar-refractivity contribution < 1.29 is 27.8 Å². The summed E-state index contributed by atoms with van der Waals surface area (Å²) in [7, 11) is 0. The lowest BCUT2D eigenvalue weighted by Crippen LogP contribution is -2.50. The van der Waals surface area contributed by atoms with Crippen LogP contribution in [-0.4, -0.2) is 28.9 Å². The Morgan fingerprint density at radius 2 is 1.86 bits per heavy atom. The summed E-state index contributed by atoms with van der Waals surface area (Å²) in [5.74, 6) is 0. The molecule has 0 aliphatic heterocycles. The molecule has 1 aromatic carbocycles. The standard InChI is InChI=1S/C21H28F3NO3S/c1-13-15(16-9-8-14(21(22,23)24)11-17(16)29-13)7-6-10-20(5,12-26)25-18(27)28-19(2,3)4/h8-9,11,26H,6-7,10,12H2,1-5H3,(H,25,27)/t20-/m0/s1. The van der Waals surface area contributed by atoms with E-state index in [0.717, 1.165) is 21.9 Å². The third-order valence-electron chi connectivity index (χ3n) is 4.63. The number of hydrogen-bond acceptors (Lipinski definition) is 4. The Balaban J connectivity index is 2.07. The van der Waals surface area contributed by atoms with E-state index < -0.39 is 29.0 Å². The number of halogens is 3. The van der Waals surface area contributed by atoms with Crippen LogP contribution < -0.4 is 5.32 Å². The van der Waals surface area contributed by atoms with Gasteiger partial charge in [0.2, 0.25) is 0 Å². The number of thiophene rings is 1. The van der Waals surface area contributed by atoms with Gasteiger partial charge in [-0.2, -0.15) is 13.2 Å². The smallest absolute Gasteiger partial charge is 0.416 e. The number of rotatable bonds is 6. The van der Waals surface area contributed by atoms with Crippen molar-refractivity contribution in [3.05, 3.63) is 34.2 Å². The molecule has 1 amide bonds. The Bertz CT molecular complexity index is 870. The molecule has 0 saturated carbocycles. The topological polar surface area (TPSA) is 58.6 Å². The molecule has 2 N–H and O–H groups in total. The minimum Gasteiger partial charge on any atom is -0.444 e. The molecule has 162 valence electrons. The van der Waals surface area contributed by atoms with E-state index in [9.17, 15) is 23.1 Å². The Kier molecular flexibility index (Phi) is 6.89. The summed E-state index contributed by atoms with van der Waals surface area (Å²) in [6.45, 7) is 8.68. The van der Waals surface area contributed by atoms with E-state index in [4.69, 9.17) is 4.74 Å². The van der Waals surface area contributed by atoms with Crippen LogP contribution in [-0.2, 0) is 17.3 Å². The van der Waals surface area contributed by atoms with Crippen LogP contribution in [0.2, 0.25) is 0 Å². The van der Waals surface area contributed by atoms with Crippen molar-refractivity contribution in [2.75, 3.05) is 6.61 Å². The maximum atomic E-state index is 12.9. The lowest BCUT2D eigenvalue weighted by atomic mass is 9.93. The normalized spacial score (nSPS) is 14.7. The fraction of sp³-hybridized carbons (Fsp3) is 0.571. The molecular formula is C21H28F3NO3S. The second kappa shape index (κ2) is 8.52. The van der Waals surface area contributed by atoms with Crippen molar-refractivity contribution in [2.45, 2.75) is 71.2 Å². The van der Waals surface area contributed by atoms with E-state index in [1.807, 2.05) is 6.92 Å². The quantitative estimate of drug-likeness (QED) is 0.605. The van der Waals surface area contributed by atoms with Crippen LogP contribution in [0.4, 0.5) is 18.0 Å². The van der Waals surface area contributed by atoms with Gasteiger partial charge in [0.1, 0.15) is 5.60 Å². The maximum Gasteiger partial charge on any atom is 0.416 e. The summed E-state index contributed by atoms with van der Waals surface area (Å²) in [6.07, 6.45) is -3.16. The third-order valence-corrected chi connectivity index (χ3v) is 5.74. The number of fused-ring (bicyclic) bond motifs is 1. The van der Waals surface area contributed by atoms with Crippen LogP contribution in [0.1, 0.15) is 56.5 Å². The largest absolute Gasteiger partial charge is 0.444 e. The van der Waals surface area contributed by atoms with Gasteiger partial charge < -0.3 is 15.2 Å². The van der Waals surface area contributed by atoms with Gasteiger partial charge in [-0.1, -0.05) is 6.07 Å². The van der Waals surface area contributed by atoms with E-state index in [1.165, 1.54) is 23.5 Å². The average Bonchev–Trinajstić information content (AvgIpc) is 2.87. The monoisotopic (exact) mass is 431 g/mol. The molecular weight excluding hydrogens is 403 g/mol. The number of nitrogens with one attached hydrogen (secondary N) is 1. The minimum absolute atomic E-state index is 0.245. The maximum absolute atomic E-state index is 12.9. The SMILES string of the molecule is Cc1sc2cc(C(F)(F)F)ccc2c1CCC[C@@](C)(CO)NC(=O)OC(C)(C)C. The fourth-order valence-electron chi connectivity index (χ4n) is 3.15. The molecule has 2 rings (SSSR count). The highest BCUT2D eigenvalue weighted by molar-refractivity contribution is 7.19. The molecule has 0 radical (unpaired) electrons. The highest BCUT2D eigenvalue weighted by Crippen LogP contribution is 2.37. The Morgan fingerprint density at radius 3 is 2.41 bits per heavy atom. The van der Waals surface area contributed by atoms with Gasteiger partial charge in [-0.15, -0.1) is 11.3 Å². The number of ether oxygens (including phenoxy) is 1. The van der Waals surface area contributed by atoms with Crippen molar-refractivity contribution in [1.82, 2.24) is 5.32 Å². The second-order valence-electron chi connectivity index (χ2n) is 8.54. The molecule has 2 aromatic rings. The van der Waals surface area contributed by atoms with E-state index in [-0.39, 0.29) is 6.61 Å². The zero-order valence-corrected chi connectivity index (χ0v) is 18.2. The number of alkyl carbamates (subject to hydrolysis) is 1. The second-order valence-corrected chi connectivity index (χ2v) is 9.80. The van der Waals surface area contributed by atoms with Crippen LogP contribution in [0.5, 0.6) is 0 Å². The first kappa shape index (κ1) is 23.5. The molecule has 0 bridgehead atoms. The van der Waals surface area contributed by atoms with E-state index >= 15 is 0 Å². The summed E-state index contributed by atoms with van der Waals surface area (Å²) in [6, 6.07) is 3.83. The van der Waals surface area contributed by atoms with E-state index in [2.05, 4.69) is 5.32 Å². The molecule has 1 atom stereocenters. The molecule has 1 aromatic heterocycles. The van der Waals surface area contributed by atoms with Crippen molar-refractivity contribution in [2.24, 2.45) is 0 Å². The van der Waals surface area contributed by atoms with Gasteiger partial charge in [-0.25, -0.2) is 4.79 Å². The van der Waals surface area contributed by atoms with Crippen LogP contribution in [0.25, 0.3) is 10.1 Å². The van der Waals surface area contributed by atoms with Gasteiger partial charge in [0.25, 0.3) is 0 Å². The van der Waals surface area contributed by atoms with Crippen LogP contribution in [0.3, 0.4) is 0 Å². The fourth-order valence-corrected chi connectivity index (χ4v) is 4.30. The van der Waals surface area contributed by atoms with Gasteiger partial charge in [0.05, 0.1) is 17.7 Å². The number of benzene rings is 1. The lowest BCUT2D eigenvalue weighted by Gasteiger charge is -2.30. The minimum atomic E-state index is -4.36. The molecule has 0 aliphatic rings. The number of alkyl halides is 3. The number of amides is 1. The number of aliphatic hydroxyl groups is 1. The number of carbonyl (C=O) groups excluding carboxylic acids is 1. The summed E-state index contributed by atoms with van der Waals surface area (Å²) in [4.78, 5) is 13.0. The van der Waals surface area contributed by atoms with Crippen molar-refractivity contribution in [3.8, 4) is 0 Å². The summed E-state index contributed by atoms with van der Waals surface area (Å²) >= 11 is 1.35. The number of aliphatic hydroxyl groups excluding tert-OH is 1. The summed E-state index contributed by atoms with van der Waals surface area (Å²) in [5.41, 5.74) is -1.11. The van der Waals surface area contributed by atoms with Crippen molar-refractivity contribution in [1.29, 1.82) is 0 Å². The van der Waals surface area contributed by atoms with Gasteiger partial charge in [0.15, 0.2) is 0 Å². The predicted octanol–water partition coefficient (Wildman–Crippen LogP) is 5.83. The highest BCUT2D eigenvalue weighted by atomic mass is 32.1. The highest BCUT2D eigenvalue weighted by Gasteiger charge is 2.31. The van der Waals surface area contributed by atoms with Crippen LogP contribution in [0, 0.1) is 6.92 Å². The van der Waals surface area contributed by atoms with Gasteiger partial charge >= 0.3 is 12.3 Å². The Hall–Kier alpha value is -1.80.